The molecular weight excluding hydrogens is 405 g/mol. The SMILES string of the molecule is C[C@H](CC/C=C/C(=O)NO)[C@H](OC(=O)Nc1ccc(C#N)cc1)c1ccc(O)c(F)c1. The number of rotatable bonds is 8. The maximum absolute atomic E-state index is 13.9. The average Bonchev–Trinajstić information content (AvgIpc) is 2.77. The summed E-state index contributed by atoms with van der Waals surface area (Å²) in [6.45, 7) is 1.80. The first-order valence-corrected chi connectivity index (χ1v) is 9.41. The number of carbonyl (C=O) groups excluding carboxylic acids is 2. The third-order valence-electron chi connectivity index (χ3n) is 4.48. The molecule has 0 aliphatic carbocycles. The van der Waals surface area contributed by atoms with Gasteiger partial charge in [-0.25, -0.2) is 14.7 Å². The molecule has 2 aromatic rings. The zero-order valence-electron chi connectivity index (χ0n) is 16.7. The number of halogens is 1. The Morgan fingerprint density at radius 2 is 1.97 bits per heavy atom. The summed E-state index contributed by atoms with van der Waals surface area (Å²) in [6.07, 6.45) is 2.02. The van der Waals surface area contributed by atoms with Crippen molar-refractivity contribution in [3.8, 4) is 11.8 Å². The minimum absolute atomic E-state index is 0.280. The van der Waals surface area contributed by atoms with E-state index in [0.717, 1.165) is 6.07 Å². The van der Waals surface area contributed by atoms with Gasteiger partial charge in [-0.05, 0) is 60.7 Å². The van der Waals surface area contributed by atoms with E-state index in [9.17, 15) is 19.1 Å². The molecule has 0 spiro atoms. The molecule has 0 radical (unpaired) electrons. The Morgan fingerprint density at radius 1 is 1.26 bits per heavy atom. The van der Waals surface area contributed by atoms with Gasteiger partial charge < -0.3 is 9.84 Å². The lowest BCUT2D eigenvalue weighted by Gasteiger charge is -2.25. The summed E-state index contributed by atoms with van der Waals surface area (Å²) < 4.78 is 19.4. The molecule has 0 heterocycles. The number of allylic oxidation sites excluding steroid dienone is 1. The van der Waals surface area contributed by atoms with E-state index in [1.54, 1.807) is 37.3 Å². The number of nitrogens with one attached hydrogen (secondary N) is 2. The molecule has 4 N–H and O–H groups in total. The number of aromatic hydroxyl groups is 1. The van der Waals surface area contributed by atoms with Gasteiger partial charge in [0.05, 0.1) is 11.6 Å². The zero-order valence-corrected chi connectivity index (χ0v) is 16.7. The Bertz CT molecular complexity index is 986. The van der Waals surface area contributed by atoms with Crippen LogP contribution >= 0.6 is 0 Å². The molecular formula is C22H22FN3O5. The largest absolute Gasteiger partial charge is 0.505 e. The first-order chi connectivity index (χ1) is 14.8. The molecule has 0 aromatic heterocycles. The zero-order chi connectivity index (χ0) is 22.8. The van der Waals surface area contributed by atoms with Crippen molar-refractivity contribution in [3.05, 3.63) is 71.6 Å². The van der Waals surface area contributed by atoms with Crippen molar-refractivity contribution in [1.29, 1.82) is 5.26 Å². The van der Waals surface area contributed by atoms with Crippen LogP contribution in [0.5, 0.6) is 5.75 Å². The van der Waals surface area contributed by atoms with Crippen molar-refractivity contribution in [2.24, 2.45) is 5.92 Å². The molecule has 8 nitrogen and oxygen atoms in total. The number of carbonyl (C=O) groups is 2. The number of hydrogen-bond donors (Lipinski definition) is 4. The maximum atomic E-state index is 13.9. The fourth-order valence-corrected chi connectivity index (χ4v) is 2.84. The molecule has 31 heavy (non-hydrogen) atoms. The van der Waals surface area contributed by atoms with E-state index in [2.05, 4.69) is 5.32 Å². The Labute approximate surface area is 178 Å². The van der Waals surface area contributed by atoms with Crippen molar-refractivity contribution in [2.75, 3.05) is 5.32 Å². The number of anilines is 1. The molecule has 9 heteroatoms. The summed E-state index contributed by atoms with van der Waals surface area (Å²) in [5, 5.41) is 29.3. The number of phenolic OH excluding ortho intramolecular Hbond substituents is 1. The Balaban J connectivity index is 2.13. The third kappa shape index (κ3) is 7.13. The smallest absolute Gasteiger partial charge is 0.412 e. The summed E-state index contributed by atoms with van der Waals surface area (Å²) >= 11 is 0. The molecule has 0 saturated carbocycles. The van der Waals surface area contributed by atoms with Gasteiger partial charge in [0.2, 0.25) is 0 Å². The van der Waals surface area contributed by atoms with E-state index in [-0.39, 0.29) is 5.92 Å². The number of ether oxygens (including phenoxy) is 1. The molecule has 2 aromatic carbocycles. The minimum atomic E-state index is -0.842. The lowest BCUT2D eigenvalue weighted by Crippen LogP contribution is -2.22. The van der Waals surface area contributed by atoms with Gasteiger partial charge in [-0.1, -0.05) is 19.1 Å². The normalized spacial score (nSPS) is 12.6. The number of nitriles is 1. The van der Waals surface area contributed by atoms with Gasteiger partial charge in [-0.15, -0.1) is 0 Å². The summed E-state index contributed by atoms with van der Waals surface area (Å²) in [7, 11) is 0. The second kappa shape index (κ2) is 11.3. The van der Waals surface area contributed by atoms with Crippen molar-refractivity contribution < 1.29 is 29.0 Å². The van der Waals surface area contributed by atoms with Crippen LogP contribution in [0.2, 0.25) is 0 Å². The van der Waals surface area contributed by atoms with Gasteiger partial charge >= 0.3 is 6.09 Å². The number of hydroxylamine groups is 1. The van der Waals surface area contributed by atoms with Gasteiger partial charge in [0.1, 0.15) is 6.10 Å². The quantitative estimate of drug-likeness (QED) is 0.284. The van der Waals surface area contributed by atoms with Crippen LogP contribution in [0, 0.1) is 23.1 Å². The molecule has 162 valence electrons. The van der Waals surface area contributed by atoms with Crippen LogP contribution < -0.4 is 10.8 Å². The monoisotopic (exact) mass is 427 g/mol. The predicted octanol–water partition coefficient (Wildman–Crippen LogP) is 4.17. The second-order valence-electron chi connectivity index (χ2n) is 6.78. The van der Waals surface area contributed by atoms with Gasteiger partial charge in [0.25, 0.3) is 5.91 Å². The predicted molar refractivity (Wildman–Crippen MR) is 110 cm³/mol. The molecule has 0 unspecified atom stereocenters. The van der Waals surface area contributed by atoms with Crippen LogP contribution in [-0.4, -0.2) is 22.3 Å². The molecule has 2 atom stereocenters. The first-order valence-electron chi connectivity index (χ1n) is 9.41. The topological polar surface area (TPSA) is 132 Å². The highest BCUT2D eigenvalue weighted by atomic mass is 19.1. The fourth-order valence-electron chi connectivity index (χ4n) is 2.84. The summed E-state index contributed by atoms with van der Waals surface area (Å²) in [6, 6.07) is 11.9. The lowest BCUT2D eigenvalue weighted by molar-refractivity contribution is -0.124. The first kappa shape index (κ1) is 23.4. The molecule has 0 aliphatic rings. The number of benzene rings is 2. The van der Waals surface area contributed by atoms with E-state index < -0.39 is 29.7 Å². The third-order valence-corrected chi connectivity index (χ3v) is 4.48. The lowest BCUT2D eigenvalue weighted by atomic mass is 9.93. The van der Waals surface area contributed by atoms with Gasteiger partial charge in [-0.3, -0.25) is 15.3 Å². The highest BCUT2D eigenvalue weighted by Crippen LogP contribution is 2.32. The molecule has 0 bridgehead atoms. The van der Waals surface area contributed by atoms with Gasteiger partial charge in [0, 0.05) is 11.8 Å². The molecule has 0 aliphatic heterocycles. The van der Waals surface area contributed by atoms with Crippen molar-refractivity contribution in [3.63, 3.8) is 0 Å². The van der Waals surface area contributed by atoms with Crippen LogP contribution in [0.3, 0.4) is 0 Å². The van der Waals surface area contributed by atoms with Gasteiger partial charge in [-0.2, -0.15) is 5.26 Å². The van der Waals surface area contributed by atoms with E-state index in [1.165, 1.54) is 23.7 Å². The summed E-state index contributed by atoms with van der Waals surface area (Å²) in [4.78, 5) is 23.5. The van der Waals surface area contributed by atoms with E-state index >= 15 is 0 Å². The Hall–Kier alpha value is -3.90. The van der Waals surface area contributed by atoms with Crippen molar-refractivity contribution in [2.45, 2.75) is 25.9 Å². The number of amides is 2. The number of nitrogens with zero attached hydrogens (tertiary/aromatic N) is 1. The molecule has 2 amide bonds. The Kier molecular flexibility index (Phi) is 8.54. The highest BCUT2D eigenvalue weighted by Gasteiger charge is 2.24. The minimum Gasteiger partial charge on any atom is -0.505 e. The van der Waals surface area contributed by atoms with Crippen LogP contribution in [0.15, 0.2) is 54.6 Å². The standard InChI is InChI=1S/C22H22FN3O5/c1-14(4-2-3-5-20(28)26-30)21(16-8-11-19(27)18(23)12-16)31-22(29)25-17-9-6-15(13-24)7-10-17/h3,5-12,14,21,27,30H,2,4H2,1H3,(H,25,29)(H,26,28)/b5-3+/t14-,21+/m1/s1. The second-order valence-corrected chi connectivity index (χ2v) is 6.78. The molecule has 0 saturated heterocycles. The van der Waals surface area contributed by atoms with E-state index in [1.807, 2.05) is 6.07 Å². The van der Waals surface area contributed by atoms with Gasteiger partial charge in [0.15, 0.2) is 11.6 Å². The average molecular weight is 427 g/mol. The Morgan fingerprint density at radius 3 is 2.58 bits per heavy atom. The summed E-state index contributed by atoms with van der Waals surface area (Å²) in [5.41, 5.74) is 2.70. The van der Waals surface area contributed by atoms with Crippen LogP contribution in [0.25, 0.3) is 0 Å². The number of phenols is 1. The van der Waals surface area contributed by atoms with Crippen LogP contribution in [-0.2, 0) is 9.53 Å². The van der Waals surface area contributed by atoms with E-state index in [4.69, 9.17) is 15.2 Å². The maximum Gasteiger partial charge on any atom is 0.412 e. The van der Waals surface area contributed by atoms with E-state index in [0.29, 0.717) is 29.7 Å². The fraction of sp³-hybridized carbons (Fsp3) is 0.227. The number of hydrogen-bond acceptors (Lipinski definition) is 6. The highest BCUT2D eigenvalue weighted by molar-refractivity contribution is 5.86. The van der Waals surface area contributed by atoms with Crippen molar-refractivity contribution >= 4 is 17.7 Å². The van der Waals surface area contributed by atoms with Crippen molar-refractivity contribution in [1.82, 2.24) is 5.48 Å². The molecule has 0 fully saturated rings. The van der Waals surface area contributed by atoms with Crippen LogP contribution in [0.4, 0.5) is 14.9 Å². The molecule has 2 rings (SSSR count). The van der Waals surface area contributed by atoms with Crippen LogP contribution in [0.1, 0.15) is 37.0 Å². The summed E-state index contributed by atoms with van der Waals surface area (Å²) in [5.74, 6) is -2.30.